The lowest BCUT2D eigenvalue weighted by Crippen LogP contribution is -2.26. The summed E-state index contributed by atoms with van der Waals surface area (Å²) < 4.78 is 2.33. The van der Waals surface area contributed by atoms with Crippen LogP contribution in [0.4, 0.5) is 5.69 Å². The smallest absolute Gasteiger partial charge is 0.244 e. The van der Waals surface area contributed by atoms with Gasteiger partial charge in [0.05, 0.1) is 6.54 Å². The van der Waals surface area contributed by atoms with Crippen molar-refractivity contribution in [1.29, 1.82) is 0 Å². The summed E-state index contributed by atoms with van der Waals surface area (Å²) >= 11 is 6.38. The predicted octanol–water partition coefficient (Wildman–Crippen LogP) is 2.28. The fraction of sp³-hybridized carbons (Fsp3) is 0.417. The number of benzene rings is 1. The molecule has 2 heterocycles. The molecule has 2 nitrogen and oxygen atoms in total. The molecule has 1 unspecified atom stereocenters. The van der Waals surface area contributed by atoms with Gasteiger partial charge in [-0.3, -0.25) is 0 Å². The Morgan fingerprint density at radius 3 is 2.80 bits per heavy atom. The first-order valence-corrected chi connectivity index (χ1v) is 5.86. The minimum Gasteiger partial charge on any atom is -0.244 e. The average molecular weight is 222 g/mol. The van der Waals surface area contributed by atoms with Crippen LogP contribution in [-0.4, -0.2) is 29.0 Å². The van der Waals surface area contributed by atoms with E-state index in [0.29, 0.717) is 6.04 Å². The van der Waals surface area contributed by atoms with Crippen LogP contribution in [-0.2, 0) is 0 Å². The summed E-state index contributed by atoms with van der Waals surface area (Å²) in [6.07, 6.45) is 2.56. The first-order chi connectivity index (χ1) is 7.36. The first kappa shape index (κ1) is 9.22. The van der Waals surface area contributed by atoms with E-state index in [9.17, 15) is 0 Å². The SMILES string of the molecule is ClC1=[N+]2CCCC2CN1c1ccccc1. The van der Waals surface area contributed by atoms with Gasteiger partial charge in [0.1, 0.15) is 18.3 Å². The summed E-state index contributed by atoms with van der Waals surface area (Å²) in [5, 5.41) is 0.906. The van der Waals surface area contributed by atoms with Gasteiger partial charge in [-0.2, -0.15) is 0 Å². The van der Waals surface area contributed by atoms with Crippen LogP contribution in [0, 0.1) is 0 Å². The van der Waals surface area contributed by atoms with Crippen LogP contribution < -0.4 is 4.90 Å². The molecule has 2 aliphatic rings. The number of fused-ring (bicyclic) bond motifs is 1. The van der Waals surface area contributed by atoms with E-state index in [0.717, 1.165) is 18.4 Å². The van der Waals surface area contributed by atoms with Crippen LogP contribution in [0.3, 0.4) is 0 Å². The van der Waals surface area contributed by atoms with Gasteiger partial charge in [-0.05, 0) is 25.0 Å². The molecule has 3 heteroatoms. The second kappa shape index (κ2) is 3.53. The molecule has 0 amide bonds. The Labute approximate surface area is 94.8 Å². The molecule has 78 valence electrons. The number of hydrogen-bond acceptors (Lipinski definition) is 1. The van der Waals surface area contributed by atoms with E-state index in [4.69, 9.17) is 11.6 Å². The zero-order valence-electron chi connectivity index (χ0n) is 8.56. The highest BCUT2D eigenvalue weighted by atomic mass is 35.5. The molecule has 1 saturated heterocycles. The summed E-state index contributed by atoms with van der Waals surface area (Å²) in [5.41, 5.74) is 1.21. The zero-order valence-corrected chi connectivity index (χ0v) is 9.32. The molecule has 15 heavy (non-hydrogen) atoms. The van der Waals surface area contributed by atoms with E-state index in [-0.39, 0.29) is 0 Å². The summed E-state index contributed by atoms with van der Waals surface area (Å²) in [5.74, 6) is 0. The van der Waals surface area contributed by atoms with Gasteiger partial charge in [0.25, 0.3) is 0 Å². The Morgan fingerprint density at radius 1 is 1.27 bits per heavy atom. The Hall–Kier alpha value is -1.02. The molecule has 0 saturated carbocycles. The normalized spacial score (nSPS) is 24.9. The van der Waals surface area contributed by atoms with Crippen molar-refractivity contribution in [2.75, 3.05) is 18.0 Å². The maximum absolute atomic E-state index is 6.38. The number of rotatable bonds is 1. The van der Waals surface area contributed by atoms with Gasteiger partial charge in [0.15, 0.2) is 0 Å². The van der Waals surface area contributed by atoms with E-state index in [1.165, 1.54) is 18.5 Å². The molecular formula is C12H14ClN2+. The van der Waals surface area contributed by atoms with Crippen molar-refractivity contribution in [2.45, 2.75) is 18.9 Å². The van der Waals surface area contributed by atoms with Crippen molar-refractivity contribution < 1.29 is 4.58 Å². The van der Waals surface area contributed by atoms with Gasteiger partial charge in [0.2, 0.25) is 0 Å². The first-order valence-electron chi connectivity index (χ1n) is 5.48. The molecule has 1 aromatic rings. The molecule has 2 aliphatic heterocycles. The Balaban J connectivity index is 1.95. The van der Waals surface area contributed by atoms with E-state index in [2.05, 4.69) is 33.7 Å². The summed E-state index contributed by atoms with van der Waals surface area (Å²) in [6.45, 7) is 2.16. The van der Waals surface area contributed by atoms with E-state index in [1.807, 2.05) is 6.07 Å². The number of halogens is 1. The van der Waals surface area contributed by atoms with Crippen molar-refractivity contribution in [3.8, 4) is 0 Å². The highest BCUT2D eigenvalue weighted by Crippen LogP contribution is 2.26. The molecule has 0 N–H and O–H groups in total. The predicted molar refractivity (Wildman–Crippen MR) is 62.8 cm³/mol. The molecule has 0 bridgehead atoms. The lowest BCUT2D eigenvalue weighted by Gasteiger charge is -2.09. The van der Waals surface area contributed by atoms with Gasteiger partial charge >= 0.3 is 5.29 Å². The van der Waals surface area contributed by atoms with Crippen molar-refractivity contribution in [2.24, 2.45) is 0 Å². The van der Waals surface area contributed by atoms with Crippen LogP contribution in [0.5, 0.6) is 0 Å². The molecule has 1 fully saturated rings. The monoisotopic (exact) mass is 221 g/mol. The zero-order chi connectivity index (χ0) is 10.3. The van der Waals surface area contributed by atoms with Gasteiger partial charge in [-0.15, -0.1) is 0 Å². The molecule has 3 rings (SSSR count). The number of nitrogens with zero attached hydrogens (tertiary/aromatic N) is 2. The Morgan fingerprint density at radius 2 is 2.07 bits per heavy atom. The number of anilines is 1. The Bertz CT molecular complexity index is 399. The van der Waals surface area contributed by atoms with Crippen molar-refractivity contribution in [3.05, 3.63) is 30.3 Å². The van der Waals surface area contributed by atoms with Crippen LogP contribution >= 0.6 is 11.6 Å². The van der Waals surface area contributed by atoms with E-state index >= 15 is 0 Å². The lowest BCUT2D eigenvalue weighted by molar-refractivity contribution is -0.531. The van der Waals surface area contributed by atoms with E-state index in [1.54, 1.807) is 0 Å². The maximum atomic E-state index is 6.38. The minimum absolute atomic E-state index is 0.637. The quantitative estimate of drug-likeness (QED) is 0.521. The fourth-order valence-corrected chi connectivity index (χ4v) is 2.92. The van der Waals surface area contributed by atoms with Crippen LogP contribution in [0.25, 0.3) is 0 Å². The third-order valence-corrected chi connectivity index (χ3v) is 3.72. The lowest BCUT2D eigenvalue weighted by atomic mass is 10.2. The largest absolute Gasteiger partial charge is 0.350 e. The molecule has 1 aromatic carbocycles. The van der Waals surface area contributed by atoms with Gasteiger partial charge in [-0.25, -0.2) is 9.48 Å². The van der Waals surface area contributed by atoms with Crippen molar-refractivity contribution >= 4 is 22.6 Å². The number of amidine groups is 1. The maximum Gasteiger partial charge on any atom is 0.350 e. The Kier molecular flexibility index (Phi) is 2.17. The standard InChI is InChI=1S/C12H14ClN2/c13-12-14-8-4-7-11(14)9-15(12)10-5-2-1-3-6-10/h1-3,5-6,11H,4,7-9H2/q+1. The molecule has 1 atom stereocenters. The molecule has 0 aromatic heterocycles. The molecule has 0 aliphatic carbocycles. The summed E-state index contributed by atoms with van der Waals surface area (Å²) in [4.78, 5) is 2.21. The van der Waals surface area contributed by atoms with Crippen LogP contribution in [0.2, 0.25) is 0 Å². The van der Waals surface area contributed by atoms with Crippen molar-refractivity contribution in [1.82, 2.24) is 0 Å². The molecule has 0 spiro atoms. The third kappa shape index (κ3) is 1.44. The fourth-order valence-electron chi connectivity index (χ4n) is 2.53. The second-order valence-electron chi connectivity index (χ2n) is 4.20. The minimum atomic E-state index is 0.637. The second-order valence-corrected chi connectivity index (χ2v) is 4.54. The summed E-state index contributed by atoms with van der Waals surface area (Å²) in [6, 6.07) is 11.0. The number of para-hydroxylation sites is 1. The van der Waals surface area contributed by atoms with Crippen molar-refractivity contribution in [3.63, 3.8) is 0 Å². The molecular weight excluding hydrogens is 208 g/mol. The topological polar surface area (TPSA) is 6.25 Å². The third-order valence-electron chi connectivity index (χ3n) is 3.30. The summed E-state index contributed by atoms with van der Waals surface area (Å²) in [7, 11) is 0. The highest BCUT2D eigenvalue weighted by molar-refractivity contribution is 6.66. The van der Waals surface area contributed by atoms with Gasteiger partial charge in [0, 0.05) is 11.6 Å². The van der Waals surface area contributed by atoms with Crippen LogP contribution in [0.15, 0.2) is 30.3 Å². The van der Waals surface area contributed by atoms with Gasteiger partial charge < -0.3 is 0 Å². The average Bonchev–Trinajstić information content (AvgIpc) is 2.83. The molecule has 0 radical (unpaired) electrons. The number of hydrogen-bond donors (Lipinski definition) is 0. The highest BCUT2D eigenvalue weighted by Gasteiger charge is 2.41. The van der Waals surface area contributed by atoms with Gasteiger partial charge in [-0.1, -0.05) is 18.2 Å². The van der Waals surface area contributed by atoms with Crippen LogP contribution in [0.1, 0.15) is 12.8 Å². The van der Waals surface area contributed by atoms with E-state index < -0.39 is 0 Å².